The number of carbonyl (C=O) groups excluding carboxylic acids is 5. The molecular formula is C23H23N3O5. The summed E-state index contributed by atoms with van der Waals surface area (Å²) in [7, 11) is 1.58. The molecule has 8 nitrogen and oxygen atoms in total. The Kier molecular flexibility index (Phi) is 6.59. The number of urea groups is 1. The average Bonchev–Trinajstić information content (AvgIpc) is 3.00. The predicted molar refractivity (Wildman–Crippen MR) is 114 cm³/mol. The molecule has 0 bridgehead atoms. The number of nitrogens with zero attached hydrogens (tertiary/aromatic N) is 2. The third-order valence-corrected chi connectivity index (χ3v) is 5.15. The van der Waals surface area contributed by atoms with Crippen molar-refractivity contribution < 1.29 is 24.0 Å². The number of hydrogen-bond donors (Lipinski definition) is 1. The second-order valence-corrected chi connectivity index (χ2v) is 7.34. The Morgan fingerprint density at radius 3 is 2.42 bits per heavy atom. The summed E-state index contributed by atoms with van der Waals surface area (Å²) in [6.45, 7) is 1.38. The van der Waals surface area contributed by atoms with Crippen molar-refractivity contribution in [3.8, 4) is 0 Å². The summed E-state index contributed by atoms with van der Waals surface area (Å²) < 4.78 is 0. The van der Waals surface area contributed by atoms with Crippen molar-refractivity contribution in [2.45, 2.75) is 32.4 Å². The van der Waals surface area contributed by atoms with Gasteiger partial charge in [0.2, 0.25) is 0 Å². The Morgan fingerprint density at radius 2 is 1.77 bits per heavy atom. The number of imide groups is 1. The lowest BCUT2D eigenvalue weighted by Crippen LogP contribution is -2.44. The minimum Gasteiger partial charge on any atom is -0.323 e. The third-order valence-electron chi connectivity index (χ3n) is 5.15. The number of Topliss-reactive ketones (excluding diaryl/α,β-unsaturated/α-hetero) is 1. The lowest BCUT2D eigenvalue weighted by Gasteiger charge is -2.23. The molecule has 160 valence electrons. The monoisotopic (exact) mass is 421 g/mol. The Morgan fingerprint density at radius 1 is 1.06 bits per heavy atom. The van der Waals surface area contributed by atoms with Crippen LogP contribution < -0.4 is 5.32 Å². The normalized spacial score (nSPS) is 13.5. The van der Waals surface area contributed by atoms with E-state index in [1.165, 1.54) is 17.9 Å². The van der Waals surface area contributed by atoms with Crippen molar-refractivity contribution in [2.24, 2.45) is 0 Å². The Labute approximate surface area is 179 Å². The van der Waals surface area contributed by atoms with Crippen molar-refractivity contribution in [1.29, 1.82) is 0 Å². The van der Waals surface area contributed by atoms with E-state index in [1.807, 2.05) is 6.07 Å². The molecule has 1 N–H and O–H groups in total. The van der Waals surface area contributed by atoms with Gasteiger partial charge in [-0.2, -0.15) is 0 Å². The smallest absolute Gasteiger partial charge is 0.321 e. The molecule has 31 heavy (non-hydrogen) atoms. The zero-order valence-corrected chi connectivity index (χ0v) is 17.3. The number of nitrogens with one attached hydrogen (secondary N) is 1. The molecule has 1 atom stereocenters. The molecule has 0 saturated carbocycles. The number of aldehydes is 1. The minimum absolute atomic E-state index is 0.0624. The van der Waals surface area contributed by atoms with E-state index < -0.39 is 17.9 Å². The number of ketones is 1. The van der Waals surface area contributed by atoms with Gasteiger partial charge in [0, 0.05) is 25.7 Å². The molecule has 1 aliphatic heterocycles. The highest BCUT2D eigenvalue weighted by atomic mass is 16.2. The van der Waals surface area contributed by atoms with E-state index in [4.69, 9.17) is 0 Å². The van der Waals surface area contributed by atoms with Gasteiger partial charge < -0.3 is 15.0 Å². The van der Waals surface area contributed by atoms with Gasteiger partial charge in [-0.05, 0) is 37.1 Å². The summed E-state index contributed by atoms with van der Waals surface area (Å²) in [5, 5.41) is 2.76. The highest BCUT2D eigenvalue weighted by Gasteiger charge is 2.42. The quantitative estimate of drug-likeness (QED) is 0.521. The first kappa shape index (κ1) is 21.9. The maximum absolute atomic E-state index is 13.1. The van der Waals surface area contributed by atoms with Crippen molar-refractivity contribution in [1.82, 2.24) is 9.80 Å². The van der Waals surface area contributed by atoms with Crippen LogP contribution >= 0.6 is 0 Å². The van der Waals surface area contributed by atoms with Crippen LogP contribution in [0.4, 0.5) is 10.5 Å². The van der Waals surface area contributed by atoms with E-state index in [9.17, 15) is 24.0 Å². The van der Waals surface area contributed by atoms with E-state index in [1.54, 1.807) is 43.4 Å². The molecule has 1 aliphatic rings. The molecule has 8 heteroatoms. The number of anilines is 1. The number of amides is 4. The Bertz CT molecular complexity index is 1030. The van der Waals surface area contributed by atoms with Crippen LogP contribution in [0.2, 0.25) is 0 Å². The molecule has 2 aromatic carbocycles. The van der Waals surface area contributed by atoms with Crippen molar-refractivity contribution in [2.75, 3.05) is 12.4 Å². The maximum Gasteiger partial charge on any atom is 0.321 e. The van der Waals surface area contributed by atoms with Crippen LogP contribution in [0.1, 0.15) is 46.0 Å². The molecule has 0 fully saturated rings. The topological polar surface area (TPSA) is 104 Å². The van der Waals surface area contributed by atoms with E-state index in [0.717, 1.165) is 4.90 Å². The van der Waals surface area contributed by atoms with Crippen molar-refractivity contribution in [3.63, 3.8) is 0 Å². The van der Waals surface area contributed by atoms with E-state index in [-0.39, 0.29) is 42.3 Å². The van der Waals surface area contributed by atoms with Gasteiger partial charge in [0.15, 0.2) is 5.78 Å². The van der Waals surface area contributed by atoms with Crippen LogP contribution in [0, 0.1) is 0 Å². The number of para-hydroxylation sites is 1. The van der Waals surface area contributed by atoms with Gasteiger partial charge >= 0.3 is 6.03 Å². The van der Waals surface area contributed by atoms with Crippen molar-refractivity contribution >= 4 is 35.6 Å². The zero-order valence-electron chi connectivity index (χ0n) is 17.3. The minimum atomic E-state index is -0.996. The molecule has 0 aliphatic carbocycles. The van der Waals surface area contributed by atoms with Crippen LogP contribution in [0.25, 0.3) is 0 Å². The second kappa shape index (κ2) is 9.34. The highest BCUT2D eigenvalue weighted by molar-refractivity contribution is 6.23. The molecule has 1 unspecified atom stereocenters. The summed E-state index contributed by atoms with van der Waals surface area (Å²) in [6, 6.07) is 12.4. The summed E-state index contributed by atoms with van der Waals surface area (Å²) >= 11 is 0. The fourth-order valence-corrected chi connectivity index (χ4v) is 3.60. The molecule has 4 amide bonds. The fraction of sp³-hybridized carbons (Fsp3) is 0.261. The summed E-state index contributed by atoms with van der Waals surface area (Å²) in [6.07, 6.45) is 0.797. The largest absolute Gasteiger partial charge is 0.323 e. The van der Waals surface area contributed by atoms with Gasteiger partial charge in [0.25, 0.3) is 11.8 Å². The van der Waals surface area contributed by atoms with Gasteiger partial charge in [-0.25, -0.2) is 4.79 Å². The molecule has 0 aromatic heterocycles. The molecule has 0 spiro atoms. The van der Waals surface area contributed by atoms with E-state index in [2.05, 4.69) is 5.32 Å². The summed E-state index contributed by atoms with van der Waals surface area (Å²) in [5.41, 5.74) is 1.51. The van der Waals surface area contributed by atoms with E-state index in [0.29, 0.717) is 17.5 Å². The van der Waals surface area contributed by atoms with Crippen LogP contribution in [0.3, 0.4) is 0 Å². The molecule has 0 radical (unpaired) electrons. The first-order valence-electron chi connectivity index (χ1n) is 9.86. The molecule has 0 saturated heterocycles. The van der Waals surface area contributed by atoms with Crippen LogP contribution in [0.5, 0.6) is 0 Å². The number of rotatable bonds is 8. The van der Waals surface area contributed by atoms with Gasteiger partial charge in [-0.3, -0.25) is 19.3 Å². The first-order chi connectivity index (χ1) is 14.8. The van der Waals surface area contributed by atoms with Gasteiger partial charge in [-0.1, -0.05) is 30.3 Å². The first-order valence-corrected chi connectivity index (χ1v) is 9.86. The molecule has 1 heterocycles. The highest BCUT2D eigenvalue weighted by Crippen LogP contribution is 2.30. The number of fused-ring (bicyclic) bond motifs is 1. The average molecular weight is 421 g/mol. The lowest BCUT2D eigenvalue weighted by molar-refractivity contribution is -0.121. The summed E-state index contributed by atoms with van der Waals surface area (Å²) in [4.78, 5) is 63.7. The maximum atomic E-state index is 13.1. The fourth-order valence-electron chi connectivity index (χ4n) is 3.60. The van der Waals surface area contributed by atoms with Gasteiger partial charge in [0.1, 0.15) is 6.29 Å². The Balaban J connectivity index is 1.83. The third kappa shape index (κ3) is 4.53. The molecule has 3 rings (SSSR count). The van der Waals surface area contributed by atoms with Gasteiger partial charge in [0.05, 0.1) is 17.2 Å². The van der Waals surface area contributed by atoms with Crippen LogP contribution in [0.15, 0.2) is 48.5 Å². The van der Waals surface area contributed by atoms with Gasteiger partial charge in [-0.15, -0.1) is 0 Å². The van der Waals surface area contributed by atoms with Crippen LogP contribution in [-0.2, 0) is 16.1 Å². The van der Waals surface area contributed by atoms with E-state index >= 15 is 0 Å². The number of hydrogen-bond acceptors (Lipinski definition) is 5. The zero-order chi connectivity index (χ0) is 22.5. The molecule has 2 aromatic rings. The SMILES string of the molecule is CC(=O)C(CCC=O)N1C(=O)c2cccc(CN(C)C(=O)Nc3ccccc3)c2C1=O. The van der Waals surface area contributed by atoms with Crippen molar-refractivity contribution in [3.05, 3.63) is 65.2 Å². The van der Waals surface area contributed by atoms with Crippen LogP contribution in [-0.4, -0.2) is 52.8 Å². The molecular weight excluding hydrogens is 398 g/mol. The number of benzene rings is 2. The standard InChI is InChI=1S/C23H23N3O5/c1-15(28)19(12-7-13-27)26-21(29)18-11-6-8-16(20(18)22(26)30)14-25(2)23(31)24-17-9-4-3-5-10-17/h3-6,8-11,13,19H,7,12,14H2,1-2H3,(H,24,31). The summed E-state index contributed by atoms with van der Waals surface area (Å²) in [5.74, 6) is -1.51. The number of carbonyl (C=O) groups is 5. The second-order valence-electron chi connectivity index (χ2n) is 7.34. The lowest BCUT2D eigenvalue weighted by atomic mass is 10.0. The Hall–Kier alpha value is -3.81. The predicted octanol–water partition coefficient (Wildman–Crippen LogP) is 2.88.